The molecule has 0 aromatic heterocycles. The lowest BCUT2D eigenvalue weighted by atomic mass is 9.95. The van der Waals surface area contributed by atoms with E-state index in [0.717, 1.165) is 42.4 Å². The molecule has 31 heavy (non-hydrogen) atoms. The molecule has 0 aliphatic carbocycles. The Bertz CT molecular complexity index is 555. The van der Waals surface area contributed by atoms with Crippen molar-refractivity contribution >= 4 is 20.0 Å². The minimum absolute atomic E-state index is 0.0351. The predicted molar refractivity (Wildman–Crippen MR) is 132 cm³/mol. The summed E-state index contributed by atoms with van der Waals surface area (Å²) in [7, 11) is 2.77. The number of hydrogen-bond acceptors (Lipinski definition) is 3. The number of ether oxygens (including phenoxy) is 1. The van der Waals surface area contributed by atoms with E-state index in [1.165, 1.54) is 10.9 Å². The first-order chi connectivity index (χ1) is 14.4. The maximum Gasteiger partial charge on any atom is 0.308 e. The Balaban J connectivity index is 2.41. The molecule has 6 heteroatoms. The standard InChI is InChI=1S/C25H50N2O3Si/c1-18(2)31(19(3)4,20(5)6)17-11-16-30-25(29)22(8)13-12-21(7)24(28)27-15-14-23(27)26(9)10/h18-23H,11-17H2,1-10H3/p+1. The Morgan fingerprint density at radius 2 is 1.45 bits per heavy atom. The molecule has 1 saturated heterocycles. The van der Waals surface area contributed by atoms with Gasteiger partial charge in [-0.15, -0.1) is 0 Å². The van der Waals surface area contributed by atoms with Crippen molar-refractivity contribution in [2.45, 2.75) is 110 Å². The number of nitrogens with one attached hydrogen (secondary N) is 1. The first kappa shape index (κ1) is 28.2. The predicted octanol–water partition coefficient (Wildman–Crippen LogP) is 4.35. The number of nitrogens with zero attached hydrogens (tertiary/aromatic N) is 1. The van der Waals surface area contributed by atoms with E-state index in [1.807, 2.05) is 18.7 Å². The molecule has 1 aliphatic rings. The lowest BCUT2D eigenvalue weighted by Gasteiger charge is -2.43. The van der Waals surface area contributed by atoms with Crippen LogP contribution in [0.2, 0.25) is 22.7 Å². The van der Waals surface area contributed by atoms with Gasteiger partial charge in [0.15, 0.2) is 6.17 Å². The Morgan fingerprint density at radius 3 is 1.87 bits per heavy atom. The normalized spacial score (nSPS) is 19.2. The molecular formula is C25H51N2O3Si+. The second-order valence-corrected chi connectivity index (χ2v) is 17.3. The van der Waals surface area contributed by atoms with Gasteiger partial charge >= 0.3 is 5.97 Å². The van der Waals surface area contributed by atoms with Crippen molar-refractivity contribution in [3.8, 4) is 0 Å². The van der Waals surface area contributed by atoms with Gasteiger partial charge in [0.2, 0.25) is 5.91 Å². The lowest BCUT2D eigenvalue weighted by molar-refractivity contribution is -0.904. The summed E-state index contributed by atoms with van der Waals surface area (Å²) in [6, 6.07) is 1.22. The van der Waals surface area contributed by atoms with Crippen LogP contribution in [0.15, 0.2) is 0 Å². The molecule has 0 spiro atoms. The monoisotopic (exact) mass is 455 g/mol. The van der Waals surface area contributed by atoms with Gasteiger partial charge in [-0.2, -0.15) is 0 Å². The van der Waals surface area contributed by atoms with Gasteiger partial charge in [-0.1, -0.05) is 78.1 Å². The van der Waals surface area contributed by atoms with Crippen molar-refractivity contribution in [3.05, 3.63) is 0 Å². The highest BCUT2D eigenvalue weighted by Gasteiger charge is 2.42. The number of esters is 1. The lowest BCUT2D eigenvalue weighted by Crippen LogP contribution is -3.14. The van der Waals surface area contributed by atoms with Gasteiger partial charge in [-0.05, 0) is 19.3 Å². The van der Waals surface area contributed by atoms with E-state index in [4.69, 9.17) is 4.74 Å². The van der Waals surface area contributed by atoms with Gasteiger partial charge in [0.05, 0.1) is 34.7 Å². The molecule has 1 aliphatic heterocycles. The average molecular weight is 456 g/mol. The SMILES string of the molecule is CC(CCC(C)C(=O)N1CCC1[NH+](C)C)C(=O)OCCC[Si](C(C)C)(C(C)C)C(C)C. The van der Waals surface area contributed by atoms with E-state index in [-0.39, 0.29) is 23.7 Å². The van der Waals surface area contributed by atoms with Crippen LogP contribution in [0.4, 0.5) is 0 Å². The van der Waals surface area contributed by atoms with E-state index >= 15 is 0 Å². The van der Waals surface area contributed by atoms with Crippen molar-refractivity contribution < 1.29 is 19.2 Å². The molecule has 0 aromatic carbocycles. The van der Waals surface area contributed by atoms with Gasteiger partial charge in [-0.3, -0.25) is 14.5 Å². The summed E-state index contributed by atoms with van der Waals surface area (Å²) in [6.07, 6.45) is 3.82. The summed E-state index contributed by atoms with van der Waals surface area (Å²) < 4.78 is 5.64. The zero-order valence-electron chi connectivity index (χ0n) is 22.1. The van der Waals surface area contributed by atoms with Crippen LogP contribution in [0.1, 0.15) is 81.1 Å². The number of hydrogen-bond donors (Lipinski definition) is 1. The molecule has 1 N–H and O–H groups in total. The highest BCUT2D eigenvalue weighted by molar-refractivity contribution is 6.83. The molecule has 1 rings (SSSR count). The number of amides is 1. The molecule has 0 aromatic rings. The molecule has 0 saturated carbocycles. The van der Waals surface area contributed by atoms with E-state index in [1.54, 1.807) is 0 Å². The van der Waals surface area contributed by atoms with Crippen molar-refractivity contribution in [3.63, 3.8) is 0 Å². The summed E-state index contributed by atoms with van der Waals surface area (Å²) in [5.41, 5.74) is 2.21. The van der Waals surface area contributed by atoms with E-state index in [2.05, 4.69) is 55.6 Å². The quantitative estimate of drug-likeness (QED) is 0.255. The van der Waals surface area contributed by atoms with Gasteiger partial charge in [0, 0.05) is 18.9 Å². The molecule has 3 unspecified atom stereocenters. The fraction of sp³-hybridized carbons (Fsp3) is 0.920. The second kappa shape index (κ2) is 12.4. The molecule has 0 radical (unpaired) electrons. The van der Waals surface area contributed by atoms with E-state index in [0.29, 0.717) is 19.2 Å². The zero-order chi connectivity index (χ0) is 23.9. The largest absolute Gasteiger partial charge is 0.465 e. The second-order valence-electron chi connectivity index (χ2n) is 11.1. The fourth-order valence-electron chi connectivity index (χ4n) is 5.84. The van der Waals surface area contributed by atoms with E-state index in [9.17, 15) is 9.59 Å². The average Bonchev–Trinajstić information content (AvgIpc) is 2.63. The van der Waals surface area contributed by atoms with Crippen LogP contribution in [0, 0.1) is 11.8 Å². The van der Waals surface area contributed by atoms with E-state index < -0.39 is 8.07 Å². The number of rotatable bonds is 13. The third-order valence-corrected chi connectivity index (χ3v) is 15.7. The Morgan fingerprint density at radius 1 is 0.935 bits per heavy atom. The molecule has 1 heterocycles. The number of quaternary nitrogens is 1. The minimum atomic E-state index is -1.43. The topological polar surface area (TPSA) is 51.1 Å². The molecular weight excluding hydrogens is 404 g/mol. The highest BCUT2D eigenvalue weighted by Crippen LogP contribution is 2.45. The number of likely N-dealkylation sites (tertiary alicyclic amines) is 1. The fourth-order valence-corrected chi connectivity index (χ4v) is 12.3. The van der Waals surface area contributed by atoms with Crippen LogP contribution in [-0.4, -0.2) is 58.3 Å². The Hall–Kier alpha value is -0.883. The van der Waals surface area contributed by atoms with Gasteiger partial charge in [0.25, 0.3) is 0 Å². The number of carbonyl (C=O) groups excluding carboxylic acids is 2. The summed E-state index contributed by atoms with van der Waals surface area (Å²) >= 11 is 0. The highest BCUT2D eigenvalue weighted by atomic mass is 28.3. The van der Waals surface area contributed by atoms with Crippen LogP contribution in [-0.2, 0) is 14.3 Å². The van der Waals surface area contributed by atoms with Gasteiger partial charge in [-0.25, -0.2) is 0 Å². The smallest absolute Gasteiger partial charge is 0.308 e. The minimum Gasteiger partial charge on any atom is -0.465 e. The maximum absolute atomic E-state index is 12.7. The molecule has 0 bridgehead atoms. The summed E-state index contributed by atoms with van der Waals surface area (Å²) in [4.78, 5) is 28.5. The third kappa shape index (κ3) is 7.05. The van der Waals surface area contributed by atoms with Crippen LogP contribution in [0.3, 0.4) is 0 Å². The Labute approximate surface area is 193 Å². The molecule has 1 amide bonds. The summed E-state index contributed by atoms with van der Waals surface area (Å²) in [5, 5.41) is 0. The molecule has 3 atom stereocenters. The van der Waals surface area contributed by atoms with Gasteiger partial charge in [0.1, 0.15) is 0 Å². The van der Waals surface area contributed by atoms with Crippen LogP contribution in [0.5, 0.6) is 0 Å². The van der Waals surface area contributed by atoms with Crippen molar-refractivity contribution in [2.24, 2.45) is 11.8 Å². The third-order valence-electron chi connectivity index (χ3n) is 8.05. The first-order valence-corrected chi connectivity index (χ1v) is 15.1. The van der Waals surface area contributed by atoms with Crippen LogP contribution < -0.4 is 4.90 Å². The zero-order valence-corrected chi connectivity index (χ0v) is 23.1. The van der Waals surface area contributed by atoms with Crippen molar-refractivity contribution in [1.82, 2.24) is 4.90 Å². The van der Waals surface area contributed by atoms with Crippen molar-refractivity contribution in [2.75, 3.05) is 27.2 Å². The van der Waals surface area contributed by atoms with Crippen LogP contribution >= 0.6 is 0 Å². The Kier molecular flexibility index (Phi) is 11.2. The molecule has 182 valence electrons. The summed E-state index contributed by atoms with van der Waals surface area (Å²) in [6.45, 7) is 19.6. The van der Waals surface area contributed by atoms with Gasteiger partial charge < -0.3 is 9.64 Å². The number of carbonyl (C=O) groups is 2. The first-order valence-electron chi connectivity index (χ1n) is 12.6. The molecule has 1 fully saturated rings. The maximum atomic E-state index is 12.7. The molecule has 5 nitrogen and oxygen atoms in total. The summed E-state index contributed by atoms with van der Waals surface area (Å²) in [5.74, 6) is -0.0585. The van der Waals surface area contributed by atoms with Crippen molar-refractivity contribution in [1.29, 1.82) is 0 Å². The van der Waals surface area contributed by atoms with Crippen LogP contribution in [0.25, 0.3) is 0 Å².